The van der Waals surface area contributed by atoms with Crippen molar-refractivity contribution in [3.8, 4) is 0 Å². The van der Waals surface area contributed by atoms with Gasteiger partial charge in [0, 0.05) is 20.4 Å². The first-order chi connectivity index (χ1) is 13.5. The summed E-state index contributed by atoms with van der Waals surface area (Å²) in [4.78, 5) is 13.9. The third-order valence-electron chi connectivity index (χ3n) is 4.93. The lowest BCUT2D eigenvalue weighted by Crippen LogP contribution is -2.12. The van der Waals surface area contributed by atoms with Gasteiger partial charge in [-0.3, -0.25) is 0 Å². The third-order valence-corrected chi connectivity index (χ3v) is 6.05. The molecule has 0 heterocycles. The second kappa shape index (κ2) is 7.48. The molecule has 0 bridgehead atoms. The molecule has 2 aromatic rings. The molecule has 1 aliphatic carbocycles. The minimum absolute atomic E-state index is 0.0877. The summed E-state index contributed by atoms with van der Waals surface area (Å²) in [6.07, 6.45) is 3.11. The van der Waals surface area contributed by atoms with Crippen LogP contribution in [-0.4, -0.2) is 39.8 Å². The van der Waals surface area contributed by atoms with E-state index in [1.807, 2.05) is 6.92 Å². The first-order valence-corrected chi connectivity index (χ1v) is 10.8. The van der Waals surface area contributed by atoms with Crippen LogP contribution in [-0.2, 0) is 21.1 Å². The third kappa shape index (κ3) is 4.10. The van der Waals surface area contributed by atoms with Gasteiger partial charge in [-0.25, -0.2) is 17.6 Å². The van der Waals surface area contributed by atoms with Crippen molar-refractivity contribution in [1.82, 2.24) is 0 Å². The van der Waals surface area contributed by atoms with Crippen molar-refractivity contribution in [2.24, 2.45) is 0 Å². The van der Waals surface area contributed by atoms with E-state index in [-0.39, 0.29) is 16.3 Å². The van der Waals surface area contributed by atoms with Gasteiger partial charge >= 0.3 is 5.97 Å². The Labute approximate surface area is 169 Å². The molecule has 1 aliphatic rings. The number of rotatable bonds is 5. The Bertz CT molecular complexity index is 1160. The van der Waals surface area contributed by atoms with E-state index in [1.54, 1.807) is 37.2 Å². The molecule has 0 radical (unpaired) electrons. The van der Waals surface area contributed by atoms with Crippen LogP contribution in [0.2, 0.25) is 0 Å². The number of aliphatic carboxylic acids is 1. The van der Waals surface area contributed by atoms with Gasteiger partial charge < -0.3 is 10.0 Å². The number of carboxylic acid groups (broad SMARTS) is 1. The number of carboxylic acids is 1. The highest BCUT2D eigenvalue weighted by Crippen LogP contribution is 2.40. The second-order valence-corrected chi connectivity index (χ2v) is 9.41. The molecule has 7 heteroatoms. The molecule has 0 saturated heterocycles. The molecule has 152 valence electrons. The molecule has 0 aliphatic heterocycles. The van der Waals surface area contributed by atoms with E-state index in [2.05, 4.69) is 0 Å². The fraction of sp³-hybridized carbons (Fsp3) is 0.227. The molecule has 2 aromatic carbocycles. The maximum atomic E-state index is 14.4. The summed E-state index contributed by atoms with van der Waals surface area (Å²) in [5, 5.41) is 9.87. The van der Waals surface area contributed by atoms with E-state index in [1.165, 1.54) is 24.3 Å². The smallest absolute Gasteiger partial charge is 0.336 e. The van der Waals surface area contributed by atoms with E-state index < -0.39 is 15.8 Å². The van der Waals surface area contributed by atoms with Crippen molar-refractivity contribution >= 4 is 33.1 Å². The summed E-state index contributed by atoms with van der Waals surface area (Å²) in [6.45, 7) is 1.84. The maximum Gasteiger partial charge on any atom is 0.336 e. The number of benzene rings is 2. The minimum atomic E-state index is -3.33. The molecule has 0 saturated carbocycles. The molecule has 0 aromatic heterocycles. The zero-order chi connectivity index (χ0) is 21.5. The number of anilines is 1. The molecule has 0 fully saturated rings. The number of halogens is 1. The van der Waals surface area contributed by atoms with Gasteiger partial charge in [-0.2, -0.15) is 0 Å². The van der Waals surface area contributed by atoms with E-state index >= 15 is 0 Å². The van der Waals surface area contributed by atoms with Gasteiger partial charge in [-0.1, -0.05) is 17.7 Å². The summed E-state index contributed by atoms with van der Waals surface area (Å²) in [7, 11) is 0.127. The van der Waals surface area contributed by atoms with E-state index in [0.29, 0.717) is 28.8 Å². The second-order valence-electron chi connectivity index (χ2n) is 7.39. The molecule has 0 unspecified atom stereocenters. The number of nitrogens with zero attached hydrogens (tertiary/aromatic N) is 1. The largest absolute Gasteiger partial charge is 0.478 e. The lowest BCUT2D eigenvalue weighted by atomic mass is 9.95. The van der Waals surface area contributed by atoms with Crippen LogP contribution in [0, 0.1) is 5.82 Å². The number of carbonyl (C=O) groups is 1. The Morgan fingerprint density at radius 3 is 2.31 bits per heavy atom. The lowest BCUT2D eigenvalue weighted by molar-refractivity contribution is -0.132. The quantitative estimate of drug-likeness (QED) is 0.752. The monoisotopic (exact) mass is 415 g/mol. The normalized spacial score (nSPS) is 14.2. The average molecular weight is 415 g/mol. The average Bonchev–Trinajstić information content (AvgIpc) is 2.92. The summed E-state index contributed by atoms with van der Waals surface area (Å²) in [6, 6.07) is 9.18. The summed E-state index contributed by atoms with van der Waals surface area (Å²) >= 11 is 0. The van der Waals surface area contributed by atoms with Gasteiger partial charge in [-0.15, -0.1) is 0 Å². The van der Waals surface area contributed by atoms with E-state index in [9.17, 15) is 22.7 Å². The van der Waals surface area contributed by atoms with Crippen LogP contribution < -0.4 is 4.90 Å². The Morgan fingerprint density at radius 1 is 1.17 bits per heavy atom. The Morgan fingerprint density at radius 2 is 1.79 bits per heavy atom. The molecule has 29 heavy (non-hydrogen) atoms. The van der Waals surface area contributed by atoms with Crippen molar-refractivity contribution in [2.45, 2.75) is 18.2 Å². The molecule has 0 spiro atoms. The standard InChI is InChI=1S/C22H22FNO4S/c1-13-9-15-11-19(23)20(24(2)3)12-17(15)21(13)18(22(25)26)10-14-5-7-16(8-6-14)29(4,27)28/h5-8,10-12H,9H2,1-4H3,(H,25,26). The van der Waals surface area contributed by atoms with Crippen LogP contribution in [0.1, 0.15) is 23.6 Å². The van der Waals surface area contributed by atoms with Gasteiger partial charge in [-0.05, 0) is 65.9 Å². The summed E-state index contributed by atoms with van der Waals surface area (Å²) in [5.41, 5.74) is 3.91. The fourth-order valence-electron chi connectivity index (χ4n) is 3.52. The van der Waals surface area contributed by atoms with Gasteiger partial charge in [0.15, 0.2) is 9.84 Å². The van der Waals surface area contributed by atoms with Crippen LogP contribution in [0.15, 0.2) is 52.4 Å². The van der Waals surface area contributed by atoms with Gasteiger partial charge in [0.2, 0.25) is 0 Å². The van der Waals surface area contributed by atoms with E-state index in [4.69, 9.17) is 0 Å². The predicted octanol–water partition coefficient (Wildman–Crippen LogP) is 3.79. The number of fused-ring (bicyclic) bond motifs is 1. The summed E-state index contributed by atoms with van der Waals surface area (Å²) in [5.74, 6) is -1.45. The topological polar surface area (TPSA) is 74.7 Å². The van der Waals surface area contributed by atoms with Gasteiger partial charge in [0.25, 0.3) is 0 Å². The molecule has 0 amide bonds. The predicted molar refractivity (Wildman–Crippen MR) is 112 cm³/mol. The van der Waals surface area contributed by atoms with Crippen molar-refractivity contribution in [2.75, 3.05) is 25.3 Å². The number of allylic oxidation sites excluding steroid dienone is 1. The Kier molecular flexibility index (Phi) is 5.36. The first kappa shape index (κ1) is 20.8. The van der Waals surface area contributed by atoms with Gasteiger partial charge in [0.1, 0.15) is 5.82 Å². The zero-order valence-electron chi connectivity index (χ0n) is 16.7. The highest BCUT2D eigenvalue weighted by Gasteiger charge is 2.27. The molecule has 5 nitrogen and oxygen atoms in total. The minimum Gasteiger partial charge on any atom is -0.478 e. The Balaban J connectivity index is 2.12. The number of hydrogen-bond acceptors (Lipinski definition) is 4. The highest BCUT2D eigenvalue weighted by molar-refractivity contribution is 7.90. The van der Waals surface area contributed by atoms with Gasteiger partial charge in [0.05, 0.1) is 16.2 Å². The number of hydrogen-bond donors (Lipinski definition) is 1. The SMILES string of the molecule is CC1=C(C(=Cc2ccc(S(C)(=O)=O)cc2)C(=O)O)c2cc(N(C)C)c(F)cc2C1. The first-order valence-electron chi connectivity index (χ1n) is 8.94. The maximum absolute atomic E-state index is 14.4. The van der Waals surface area contributed by atoms with E-state index in [0.717, 1.165) is 17.4 Å². The van der Waals surface area contributed by atoms with Crippen molar-refractivity contribution in [3.05, 3.63) is 70.1 Å². The molecular weight excluding hydrogens is 393 g/mol. The van der Waals surface area contributed by atoms with Crippen LogP contribution in [0.25, 0.3) is 11.6 Å². The van der Waals surface area contributed by atoms with Crippen LogP contribution >= 0.6 is 0 Å². The molecule has 0 atom stereocenters. The van der Waals surface area contributed by atoms with Crippen LogP contribution in [0.5, 0.6) is 0 Å². The van der Waals surface area contributed by atoms with Crippen molar-refractivity contribution < 1.29 is 22.7 Å². The molecule has 3 rings (SSSR count). The molecule has 1 N–H and O–H groups in total. The lowest BCUT2D eigenvalue weighted by Gasteiger charge is -2.17. The van der Waals surface area contributed by atoms with Crippen molar-refractivity contribution in [1.29, 1.82) is 0 Å². The number of sulfone groups is 1. The highest BCUT2D eigenvalue weighted by atomic mass is 32.2. The molecular formula is C22H22FNO4S. The fourth-order valence-corrected chi connectivity index (χ4v) is 4.15. The zero-order valence-corrected chi connectivity index (χ0v) is 17.5. The summed E-state index contributed by atoms with van der Waals surface area (Å²) < 4.78 is 37.6. The van der Waals surface area contributed by atoms with Crippen LogP contribution in [0.3, 0.4) is 0 Å². The van der Waals surface area contributed by atoms with Crippen LogP contribution in [0.4, 0.5) is 10.1 Å². The Hall–Kier alpha value is -2.93. The van der Waals surface area contributed by atoms with Crippen molar-refractivity contribution in [3.63, 3.8) is 0 Å².